The zero-order valence-electron chi connectivity index (χ0n) is 14.6. The monoisotopic (exact) mass is 371 g/mol. The molecule has 1 aliphatic rings. The van der Waals surface area contributed by atoms with E-state index in [1.807, 2.05) is 0 Å². The maximum absolute atomic E-state index is 14.1. The first-order valence-electron chi connectivity index (χ1n) is 8.95. The number of amides is 1. The molecule has 3 aromatic rings. The summed E-state index contributed by atoms with van der Waals surface area (Å²) in [7, 11) is 0. The molecule has 1 aromatic carbocycles. The largest absolute Gasteiger partial charge is 0.356 e. The quantitative estimate of drug-likeness (QED) is 0.721. The van der Waals surface area contributed by atoms with Gasteiger partial charge in [-0.1, -0.05) is 18.9 Å². The minimum atomic E-state index is -0.983. The van der Waals surface area contributed by atoms with Crippen molar-refractivity contribution < 1.29 is 13.6 Å². The summed E-state index contributed by atoms with van der Waals surface area (Å²) in [6, 6.07) is 5.53. The molecule has 6 nitrogen and oxygen atoms in total. The molecule has 0 unspecified atom stereocenters. The summed E-state index contributed by atoms with van der Waals surface area (Å²) in [6.07, 6.45) is 7.65. The lowest BCUT2D eigenvalue weighted by molar-refractivity contribution is 0.0943. The molecule has 1 amide bonds. The van der Waals surface area contributed by atoms with Crippen LogP contribution in [0.4, 0.5) is 8.78 Å². The van der Waals surface area contributed by atoms with Crippen molar-refractivity contribution in [1.82, 2.24) is 25.1 Å². The molecular weight excluding hydrogens is 352 g/mol. The first-order chi connectivity index (χ1) is 13.1. The fourth-order valence-electron chi connectivity index (χ4n) is 3.49. The van der Waals surface area contributed by atoms with Crippen LogP contribution in [-0.2, 0) is 0 Å². The number of carbonyl (C=O) groups excluding carboxylic acids is 1. The Morgan fingerprint density at radius 1 is 1.30 bits per heavy atom. The van der Waals surface area contributed by atoms with Crippen molar-refractivity contribution >= 4 is 5.91 Å². The third-order valence-corrected chi connectivity index (χ3v) is 4.95. The van der Waals surface area contributed by atoms with E-state index in [9.17, 15) is 13.6 Å². The average molecular weight is 371 g/mol. The Balaban J connectivity index is 1.55. The molecule has 2 N–H and O–H groups in total. The Morgan fingerprint density at radius 2 is 2.11 bits per heavy atom. The SMILES string of the molecule is O=C(NCC1CCCC1)c1cc(-c2nncn2-c2cccc(F)c2F)c[nH]1. The first kappa shape index (κ1) is 17.4. The number of rotatable bonds is 5. The van der Waals surface area contributed by atoms with Crippen molar-refractivity contribution in [3.05, 3.63) is 54.1 Å². The maximum Gasteiger partial charge on any atom is 0.267 e. The molecule has 8 heteroatoms. The van der Waals surface area contributed by atoms with E-state index in [4.69, 9.17) is 0 Å². The predicted octanol–water partition coefficient (Wildman–Crippen LogP) is 3.46. The number of benzene rings is 1. The van der Waals surface area contributed by atoms with Gasteiger partial charge < -0.3 is 10.3 Å². The van der Waals surface area contributed by atoms with Gasteiger partial charge in [0.15, 0.2) is 17.5 Å². The number of H-pyrrole nitrogens is 1. The summed E-state index contributed by atoms with van der Waals surface area (Å²) in [4.78, 5) is 15.3. The second kappa shape index (κ2) is 7.30. The van der Waals surface area contributed by atoms with E-state index < -0.39 is 11.6 Å². The molecule has 0 radical (unpaired) electrons. The number of hydrogen-bond acceptors (Lipinski definition) is 3. The second-order valence-electron chi connectivity index (χ2n) is 6.76. The van der Waals surface area contributed by atoms with Gasteiger partial charge in [0.05, 0.1) is 5.69 Å². The average Bonchev–Trinajstić information content (AvgIpc) is 3.42. The van der Waals surface area contributed by atoms with Crippen LogP contribution in [0.2, 0.25) is 0 Å². The molecular formula is C19H19F2N5O. The molecule has 0 saturated heterocycles. The van der Waals surface area contributed by atoms with E-state index in [1.54, 1.807) is 12.3 Å². The minimum absolute atomic E-state index is 0.00318. The Hall–Kier alpha value is -3.03. The highest BCUT2D eigenvalue weighted by Crippen LogP contribution is 2.25. The zero-order valence-corrected chi connectivity index (χ0v) is 14.6. The third-order valence-electron chi connectivity index (χ3n) is 4.95. The lowest BCUT2D eigenvalue weighted by Crippen LogP contribution is -2.28. The van der Waals surface area contributed by atoms with Gasteiger partial charge in [-0.25, -0.2) is 8.78 Å². The van der Waals surface area contributed by atoms with E-state index in [0.29, 0.717) is 29.5 Å². The Kier molecular flexibility index (Phi) is 4.70. The lowest BCUT2D eigenvalue weighted by atomic mass is 10.1. The van der Waals surface area contributed by atoms with Gasteiger partial charge in [0.25, 0.3) is 5.91 Å². The number of nitrogens with zero attached hydrogens (tertiary/aromatic N) is 3. The van der Waals surface area contributed by atoms with Crippen LogP contribution in [0.3, 0.4) is 0 Å². The Labute approximate surface area is 154 Å². The van der Waals surface area contributed by atoms with E-state index in [-0.39, 0.29) is 11.6 Å². The summed E-state index contributed by atoms with van der Waals surface area (Å²) in [5, 5.41) is 10.7. The van der Waals surface area contributed by atoms with Crippen molar-refractivity contribution in [1.29, 1.82) is 0 Å². The summed E-state index contributed by atoms with van der Waals surface area (Å²) in [6.45, 7) is 0.665. The zero-order chi connectivity index (χ0) is 18.8. The number of nitrogens with one attached hydrogen (secondary N) is 2. The van der Waals surface area contributed by atoms with Gasteiger partial charge in [-0.3, -0.25) is 9.36 Å². The molecule has 1 fully saturated rings. The highest BCUT2D eigenvalue weighted by molar-refractivity contribution is 5.93. The highest BCUT2D eigenvalue weighted by atomic mass is 19.2. The van der Waals surface area contributed by atoms with Crippen LogP contribution >= 0.6 is 0 Å². The predicted molar refractivity (Wildman–Crippen MR) is 95.4 cm³/mol. The summed E-state index contributed by atoms with van der Waals surface area (Å²) < 4.78 is 29.0. The van der Waals surface area contributed by atoms with Gasteiger partial charge in [-0.15, -0.1) is 10.2 Å². The second-order valence-corrected chi connectivity index (χ2v) is 6.76. The van der Waals surface area contributed by atoms with Gasteiger partial charge in [0.2, 0.25) is 0 Å². The number of aromatic nitrogens is 4. The van der Waals surface area contributed by atoms with Crippen LogP contribution in [0.15, 0.2) is 36.8 Å². The van der Waals surface area contributed by atoms with Crippen LogP contribution in [0, 0.1) is 17.6 Å². The molecule has 140 valence electrons. The van der Waals surface area contributed by atoms with Crippen LogP contribution in [0.1, 0.15) is 36.2 Å². The molecule has 2 aromatic heterocycles. The minimum Gasteiger partial charge on any atom is -0.356 e. The van der Waals surface area contributed by atoms with Gasteiger partial charge in [0.1, 0.15) is 12.0 Å². The van der Waals surface area contributed by atoms with Crippen LogP contribution < -0.4 is 5.32 Å². The summed E-state index contributed by atoms with van der Waals surface area (Å²) >= 11 is 0. The maximum atomic E-state index is 14.1. The third kappa shape index (κ3) is 3.47. The lowest BCUT2D eigenvalue weighted by Gasteiger charge is -2.09. The molecule has 27 heavy (non-hydrogen) atoms. The molecule has 4 rings (SSSR count). The molecule has 0 aliphatic heterocycles. The molecule has 2 heterocycles. The van der Waals surface area contributed by atoms with Crippen molar-refractivity contribution in [2.45, 2.75) is 25.7 Å². The van der Waals surface area contributed by atoms with Crippen molar-refractivity contribution in [2.24, 2.45) is 5.92 Å². The standard InChI is InChI=1S/C19H19F2N5O/c20-14-6-3-7-16(17(14)21)26-11-24-25-18(26)13-8-15(22-10-13)19(27)23-9-12-4-1-2-5-12/h3,6-8,10-12,22H,1-2,4-5,9H2,(H,23,27). The summed E-state index contributed by atoms with van der Waals surface area (Å²) in [5.41, 5.74) is 0.947. The topological polar surface area (TPSA) is 75.6 Å². The van der Waals surface area contributed by atoms with Gasteiger partial charge in [-0.05, 0) is 37.0 Å². The highest BCUT2D eigenvalue weighted by Gasteiger charge is 2.19. The van der Waals surface area contributed by atoms with Gasteiger partial charge in [0, 0.05) is 18.3 Å². The fraction of sp³-hybridized carbons (Fsp3) is 0.316. The van der Waals surface area contributed by atoms with E-state index in [2.05, 4.69) is 20.5 Å². The Bertz CT molecular complexity index is 959. The molecule has 1 aliphatic carbocycles. The van der Waals surface area contributed by atoms with Crippen molar-refractivity contribution in [2.75, 3.05) is 6.54 Å². The Morgan fingerprint density at radius 3 is 2.93 bits per heavy atom. The number of carbonyl (C=O) groups is 1. The van der Waals surface area contributed by atoms with E-state index in [1.165, 1.54) is 35.9 Å². The molecule has 1 saturated carbocycles. The molecule has 0 bridgehead atoms. The smallest absolute Gasteiger partial charge is 0.267 e. The fourth-order valence-corrected chi connectivity index (χ4v) is 3.49. The van der Waals surface area contributed by atoms with E-state index >= 15 is 0 Å². The first-order valence-corrected chi connectivity index (χ1v) is 8.95. The van der Waals surface area contributed by atoms with E-state index in [0.717, 1.165) is 18.9 Å². The van der Waals surface area contributed by atoms with Crippen molar-refractivity contribution in [3.8, 4) is 17.1 Å². The summed E-state index contributed by atoms with van der Waals surface area (Å²) in [5.74, 6) is -1.28. The van der Waals surface area contributed by atoms with Crippen LogP contribution in [-0.4, -0.2) is 32.2 Å². The number of hydrogen-bond donors (Lipinski definition) is 2. The number of aromatic amines is 1. The molecule has 0 atom stereocenters. The normalized spacial score (nSPS) is 14.6. The number of halogens is 2. The van der Waals surface area contributed by atoms with Gasteiger partial charge >= 0.3 is 0 Å². The van der Waals surface area contributed by atoms with Crippen LogP contribution in [0.25, 0.3) is 17.1 Å². The molecule has 0 spiro atoms. The van der Waals surface area contributed by atoms with Crippen LogP contribution in [0.5, 0.6) is 0 Å². The van der Waals surface area contributed by atoms with Gasteiger partial charge in [-0.2, -0.15) is 0 Å². The van der Waals surface area contributed by atoms with Crippen molar-refractivity contribution in [3.63, 3.8) is 0 Å².